The number of hydrogen-bond acceptors (Lipinski definition) is 0. The molecule has 0 unspecified atom stereocenters. The van der Waals surface area contributed by atoms with Gasteiger partial charge in [-0.1, -0.05) is 32.3 Å². The molecule has 0 saturated carbocycles. The Kier molecular flexibility index (Phi) is 13.2. The molecule has 8 heavy (non-hydrogen) atoms. The van der Waals surface area contributed by atoms with E-state index in [0.717, 1.165) is 6.42 Å². The highest BCUT2D eigenvalue weighted by molar-refractivity contribution is 4.78. The monoisotopic (exact) mass is 113 g/mol. The maximum Gasteiger partial charge on any atom is -0.0445 e. The molecule has 0 aromatic rings. The van der Waals surface area contributed by atoms with Crippen molar-refractivity contribution in [3.05, 3.63) is 19.1 Å². The SMILES string of the molecule is C=C(C)C.[CH2]CCC. The molecule has 0 spiro atoms. The Hall–Kier alpha value is -0.260. The summed E-state index contributed by atoms with van der Waals surface area (Å²) in [5.74, 6) is 0. The Morgan fingerprint density at radius 2 is 1.50 bits per heavy atom. The van der Waals surface area contributed by atoms with Crippen LogP contribution >= 0.6 is 0 Å². The van der Waals surface area contributed by atoms with Crippen LogP contribution in [0, 0.1) is 6.92 Å². The average Bonchev–Trinajstić information content (AvgIpc) is 1.65. The summed E-state index contributed by atoms with van der Waals surface area (Å²) in [6.07, 6.45) is 2.28. The van der Waals surface area contributed by atoms with E-state index in [9.17, 15) is 0 Å². The second-order valence-corrected chi connectivity index (χ2v) is 2.06. The molecule has 0 aliphatic rings. The van der Waals surface area contributed by atoms with Crippen LogP contribution in [0.5, 0.6) is 0 Å². The van der Waals surface area contributed by atoms with Crippen molar-refractivity contribution in [3.8, 4) is 0 Å². The van der Waals surface area contributed by atoms with Crippen molar-refractivity contribution in [1.82, 2.24) is 0 Å². The van der Waals surface area contributed by atoms with Crippen LogP contribution in [0.1, 0.15) is 33.6 Å². The van der Waals surface area contributed by atoms with Gasteiger partial charge < -0.3 is 0 Å². The lowest BCUT2D eigenvalue weighted by Crippen LogP contribution is -1.48. The van der Waals surface area contributed by atoms with E-state index in [0.29, 0.717) is 0 Å². The standard InChI is InChI=1S/C4H8.C4H9/c1-4(2)3;1-3-4-2/h1H2,2-3H3;1,3-4H2,2H3. The molecule has 0 fully saturated rings. The van der Waals surface area contributed by atoms with E-state index in [1.807, 2.05) is 13.8 Å². The van der Waals surface area contributed by atoms with Gasteiger partial charge in [-0.15, -0.1) is 6.58 Å². The van der Waals surface area contributed by atoms with Gasteiger partial charge in [0.05, 0.1) is 0 Å². The van der Waals surface area contributed by atoms with Crippen molar-refractivity contribution in [2.45, 2.75) is 33.6 Å². The van der Waals surface area contributed by atoms with Gasteiger partial charge >= 0.3 is 0 Å². The molecule has 0 rings (SSSR count). The summed E-state index contributed by atoms with van der Waals surface area (Å²) >= 11 is 0. The highest BCUT2D eigenvalue weighted by Crippen LogP contribution is 1.76. The van der Waals surface area contributed by atoms with E-state index in [-0.39, 0.29) is 0 Å². The Balaban J connectivity index is 0. The molecule has 1 radical (unpaired) electrons. The molecule has 0 heterocycles. The Bertz CT molecular complexity index is 38.0. The summed E-state index contributed by atoms with van der Waals surface area (Å²) in [5, 5.41) is 0. The fraction of sp³-hybridized carbons (Fsp3) is 0.625. The fourth-order valence-corrected chi connectivity index (χ4v) is 0. The van der Waals surface area contributed by atoms with Crippen molar-refractivity contribution in [3.63, 3.8) is 0 Å². The molecule has 0 heteroatoms. The van der Waals surface area contributed by atoms with E-state index >= 15 is 0 Å². The van der Waals surface area contributed by atoms with Crippen molar-refractivity contribution < 1.29 is 0 Å². The van der Waals surface area contributed by atoms with Gasteiger partial charge in [0.25, 0.3) is 0 Å². The van der Waals surface area contributed by atoms with Crippen LogP contribution in [0.4, 0.5) is 0 Å². The fourth-order valence-electron chi connectivity index (χ4n) is 0. The highest BCUT2D eigenvalue weighted by Gasteiger charge is 1.56. The molecule has 0 bridgehead atoms. The van der Waals surface area contributed by atoms with Gasteiger partial charge in [0.2, 0.25) is 0 Å². The van der Waals surface area contributed by atoms with Gasteiger partial charge in [-0.05, 0) is 13.8 Å². The van der Waals surface area contributed by atoms with Gasteiger partial charge in [-0.2, -0.15) is 0 Å². The van der Waals surface area contributed by atoms with Crippen LogP contribution in [-0.4, -0.2) is 0 Å². The third kappa shape index (κ3) is 236. The minimum Gasteiger partial charge on any atom is -0.100 e. The van der Waals surface area contributed by atoms with Crippen molar-refractivity contribution in [1.29, 1.82) is 0 Å². The lowest BCUT2D eigenvalue weighted by molar-refractivity contribution is 0.956. The van der Waals surface area contributed by atoms with E-state index < -0.39 is 0 Å². The van der Waals surface area contributed by atoms with E-state index in [1.54, 1.807) is 0 Å². The van der Waals surface area contributed by atoms with E-state index in [1.165, 1.54) is 12.0 Å². The Morgan fingerprint density at radius 1 is 1.38 bits per heavy atom. The minimum atomic E-state index is 1.07. The summed E-state index contributed by atoms with van der Waals surface area (Å²) in [7, 11) is 0. The third-order valence-electron chi connectivity index (χ3n) is 0.354. The predicted octanol–water partition coefficient (Wildman–Crippen LogP) is 3.20. The first-order valence-electron chi connectivity index (χ1n) is 3.06. The molecule has 0 aliphatic carbocycles. The lowest BCUT2D eigenvalue weighted by atomic mass is 10.4. The van der Waals surface area contributed by atoms with Crippen LogP contribution in [0.25, 0.3) is 0 Å². The lowest BCUT2D eigenvalue weighted by Gasteiger charge is -1.67. The van der Waals surface area contributed by atoms with Crippen molar-refractivity contribution >= 4 is 0 Å². The zero-order valence-electron chi connectivity index (χ0n) is 6.33. The first kappa shape index (κ1) is 10.7. The second kappa shape index (κ2) is 9.88. The first-order valence-corrected chi connectivity index (χ1v) is 3.06. The highest BCUT2D eigenvalue weighted by atomic mass is 13.6. The third-order valence-corrected chi connectivity index (χ3v) is 0.354. The molecular formula is C8H17. The Morgan fingerprint density at radius 3 is 1.50 bits per heavy atom. The smallest absolute Gasteiger partial charge is 0.0445 e. The molecule has 0 aromatic heterocycles. The number of hydrogen-bond donors (Lipinski definition) is 0. The van der Waals surface area contributed by atoms with Crippen LogP contribution < -0.4 is 0 Å². The second-order valence-electron chi connectivity index (χ2n) is 2.06. The molecular weight excluding hydrogens is 96.1 g/mol. The van der Waals surface area contributed by atoms with Gasteiger partial charge in [0.1, 0.15) is 0 Å². The molecule has 0 N–H and O–H groups in total. The maximum absolute atomic E-state index is 3.60. The number of allylic oxidation sites excluding steroid dienone is 1. The van der Waals surface area contributed by atoms with E-state index in [2.05, 4.69) is 20.4 Å². The normalized spacial score (nSPS) is 7.00. The molecule has 0 saturated heterocycles. The number of rotatable bonds is 1. The van der Waals surface area contributed by atoms with Crippen LogP contribution in [0.3, 0.4) is 0 Å². The summed E-state index contributed by atoms with van der Waals surface area (Å²) < 4.78 is 0. The van der Waals surface area contributed by atoms with Crippen LogP contribution in [-0.2, 0) is 0 Å². The van der Waals surface area contributed by atoms with Gasteiger partial charge in [0, 0.05) is 0 Å². The quantitative estimate of drug-likeness (QED) is 0.458. The van der Waals surface area contributed by atoms with Crippen LogP contribution in [0.2, 0.25) is 0 Å². The van der Waals surface area contributed by atoms with Crippen molar-refractivity contribution in [2.75, 3.05) is 0 Å². The molecule has 49 valence electrons. The number of unbranched alkanes of at least 4 members (excludes halogenated alkanes) is 1. The minimum absolute atomic E-state index is 1.07. The molecule has 0 aromatic carbocycles. The average molecular weight is 113 g/mol. The summed E-state index contributed by atoms with van der Waals surface area (Å²) in [5.41, 5.74) is 1.17. The zero-order valence-corrected chi connectivity index (χ0v) is 6.33. The molecule has 0 nitrogen and oxygen atoms in total. The first-order chi connectivity index (χ1) is 3.65. The van der Waals surface area contributed by atoms with Gasteiger partial charge in [0.15, 0.2) is 0 Å². The topological polar surface area (TPSA) is 0 Å². The molecule has 0 amide bonds. The largest absolute Gasteiger partial charge is 0.100 e. The maximum atomic E-state index is 3.60. The zero-order chi connectivity index (χ0) is 6.99. The Labute approximate surface area is 53.6 Å². The van der Waals surface area contributed by atoms with Gasteiger partial charge in [-0.25, -0.2) is 0 Å². The van der Waals surface area contributed by atoms with Crippen LogP contribution in [0.15, 0.2) is 12.2 Å². The van der Waals surface area contributed by atoms with Gasteiger partial charge in [-0.3, -0.25) is 0 Å². The van der Waals surface area contributed by atoms with E-state index in [4.69, 9.17) is 0 Å². The summed E-state index contributed by atoms with van der Waals surface area (Å²) in [6.45, 7) is 13.2. The molecule has 0 aliphatic heterocycles. The predicted molar refractivity (Wildman–Crippen MR) is 40.8 cm³/mol. The summed E-state index contributed by atoms with van der Waals surface area (Å²) in [4.78, 5) is 0. The molecule has 0 atom stereocenters. The summed E-state index contributed by atoms with van der Waals surface area (Å²) in [6, 6.07) is 0. The van der Waals surface area contributed by atoms with Crippen molar-refractivity contribution in [2.24, 2.45) is 0 Å².